The molecule has 8 heteroatoms. The normalized spacial score (nSPS) is 11.9. The van der Waals surface area contributed by atoms with Crippen molar-refractivity contribution < 1.29 is 9.53 Å². The number of amides is 1. The van der Waals surface area contributed by atoms with Crippen molar-refractivity contribution in [2.45, 2.75) is 39.8 Å². The molecule has 0 unspecified atom stereocenters. The smallest absolute Gasteiger partial charge is 0.410 e. The third-order valence-corrected chi connectivity index (χ3v) is 4.33. The molecule has 0 aliphatic carbocycles. The first kappa shape index (κ1) is 18.4. The monoisotopic (exact) mass is 419 g/mol. The Kier molecular flexibility index (Phi) is 4.79. The first-order valence-electron chi connectivity index (χ1n) is 8.39. The molecule has 0 atom stereocenters. The van der Waals surface area contributed by atoms with Crippen molar-refractivity contribution in [3.63, 3.8) is 0 Å². The van der Waals surface area contributed by atoms with E-state index in [9.17, 15) is 4.79 Å². The number of carbonyl (C=O) groups excluding carboxylic acids is 1. The number of ether oxygens (including phenoxy) is 1. The highest BCUT2D eigenvalue weighted by Gasteiger charge is 2.22. The van der Waals surface area contributed by atoms with E-state index in [0.717, 1.165) is 20.9 Å². The number of hydrogen-bond donors (Lipinski definition) is 2. The van der Waals surface area contributed by atoms with Gasteiger partial charge in [0.15, 0.2) is 0 Å². The lowest BCUT2D eigenvalue weighted by Crippen LogP contribution is -2.36. The van der Waals surface area contributed by atoms with Crippen LogP contribution in [0, 0.1) is 0 Å². The molecule has 2 aromatic heterocycles. The molecule has 0 saturated carbocycles. The number of pyridine rings is 1. The maximum Gasteiger partial charge on any atom is 0.410 e. The summed E-state index contributed by atoms with van der Waals surface area (Å²) in [5, 5.41) is 0.903. The van der Waals surface area contributed by atoms with Crippen molar-refractivity contribution in [3.8, 4) is 0 Å². The van der Waals surface area contributed by atoms with Crippen molar-refractivity contribution in [1.29, 1.82) is 0 Å². The van der Waals surface area contributed by atoms with Crippen LogP contribution in [0.1, 0.15) is 33.5 Å². The number of nitrogens with one attached hydrogen (secondary N) is 1. The molecule has 0 aliphatic rings. The van der Waals surface area contributed by atoms with E-state index in [4.69, 9.17) is 10.5 Å². The number of aromatic nitrogens is 3. The standard InChI is InChI=1S/C18H22BrN5O2/c1-5-24(17(25)26-18(2,3)4)9-13-22-14-11-7-6-10(19)8-12(11)21-16(20)15(14)23-13/h6-8H,5,9H2,1-4H3,(H2,20,21)(H,22,23). The van der Waals surface area contributed by atoms with Crippen LogP contribution in [-0.4, -0.2) is 38.1 Å². The van der Waals surface area contributed by atoms with Crippen LogP contribution in [0.4, 0.5) is 10.6 Å². The van der Waals surface area contributed by atoms with Gasteiger partial charge in [-0.15, -0.1) is 0 Å². The molecule has 1 amide bonds. The quantitative estimate of drug-likeness (QED) is 0.662. The number of nitrogen functional groups attached to an aromatic ring is 1. The second-order valence-corrected chi connectivity index (χ2v) is 7.98. The van der Waals surface area contributed by atoms with Crippen LogP contribution >= 0.6 is 15.9 Å². The summed E-state index contributed by atoms with van der Waals surface area (Å²) in [6, 6.07) is 5.79. The summed E-state index contributed by atoms with van der Waals surface area (Å²) in [7, 11) is 0. The van der Waals surface area contributed by atoms with Crippen molar-refractivity contribution in [1.82, 2.24) is 19.9 Å². The summed E-state index contributed by atoms with van der Waals surface area (Å²) in [6.07, 6.45) is -0.375. The molecule has 0 fully saturated rings. The Balaban J connectivity index is 1.97. The van der Waals surface area contributed by atoms with E-state index in [0.29, 0.717) is 30.2 Å². The largest absolute Gasteiger partial charge is 0.444 e. The number of carbonyl (C=O) groups is 1. The fourth-order valence-corrected chi connectivity index (χ4v) is 3.02. The fraction of sp³-hybridized carbons (Fsp3) is 0.389. The molecule has 0 radical (unpaired) electrons. The first-order valence-corrected chi connectivity index (χ1v) is 9.18. The summed E-state index contributed by atoms with van der Waals surface area (Å²) >= 11 is 3.44. The third kappa shape index (κ3) is 3.75. The molecule has 1 aromatic carbocycles. The first-order chi connectivity index (χ1) is 12.2. The molecule has 0 saturated heterocycles. The highest BCUT2D eigenvalue weighted by atomic mass is 79.9. The van der Waals surface area contributed by atoms with Crippen LogP contribution in [0.5, 0.6) is 0 Å². The number of halogens is 1. The van der Waals surface area contributed by atoms with Gasteiger partial charge >= 0.3 is 6.09 Å². The zero-order valence-electron chi connectivity index (χ0n) is 15.3. The molecular formula is C18H22BrN5O2. The number of benzene rings is 1. The number of hydrogen-bond acceptors (Lipinski definition) is 5. The molecule has 2 heterocycles. The van der Waals surface area contributed by atoms with Gasteiger partial charge in [-0.25, -0.2) is 14.8 Å². The number of anilines is 1. The summed E-state index contributed by atoms with van der Waals surface area (Å²) in [5.74, 6) is 1.02. The van der Waals surface area contributed by atoms with E-state index in [1.165, 1.54) is 0 Å². The van der Waals surface area contributed by atoms with Gasteiger partial charge in [-0.3, -0.25) is 0 Å². The molecule has 0 bridgehead atoms. The van der Waals surface area contributed by atoms with Crippen LogP contribution in [0.2, 0.25) is 0 Å². The third-order valence-electron chi connectivity index (χ3n) is 3.84. The van der Waals surface area contributed by atoms with Gasteiger partial charge in [0, 0.05) is 16.4 Å². The lowest BCUT2D eigenvalue weighted by Gasteiger charge is -2.25. The number of nitrogens with zero attached hydrogens (tertiary/aromatic N) is 3. The minimum absolute atomic E-state index is 0.303. The van der Waals surface area contributed by atoms with Crippen LogP contribution in [0.3, 0.4) is 0 Å². The minimum atomic E-state index is -0.545. The molecule has 3 N–H and O–H groups in total. The van der Waals surface area contributed by atoms with Gasteiger partial charge in [-0.1, -0.05) is 15.9 Å². The highest BCUT2D eigenvalue weighted by molar-refractivity contribution is 9.10. The van der Waals surface area contributed by atoms with E-state index in [2.05, 4.69) is 30.9 Å². The van der Waals surface area contributed by atoms with E-state index in [1.807, 2.05) is 45.9 Å². The lowest BCUT2D eigenvalue weighted by atomic mass is 10.2. The van der Waals surface area contributed by atoms with Gasteiger partial charge in [0.25, 0.3) is 0 Å². The van der Waals surface area contributed by atoms with Gasteiger partial charge in [0.2, 0.25) is 0 Å². The zero-order chi connectivity index (χ0) is 19.1. The summed E-state index contributed by atoms with van der Waals surface area (Å²) < 4.78 is 6.37. The molecular weight excluding hydrogens is 398 g/mol. The van der Waals surface area contributed by atoms with Crippen molar-refractivity contribution >= 4 is 49.8 Å². The SMILES string of the molecule is CCN(Cc1nc2c([nH]1)c(N)nc1cc(Br)ccc12)C(=O)OC(C)(C)C. The maximum absolute atomic E-state index is 12.3. The molecule has 26 heavy (non-hydrogen) atoms. The Labute approximate surface area is 160 Å². The molecule has 0 spiro atoms. The fourth-order valence-electron chi connectivity index (χ4n) is 2.67. The molecule has 7 nitrogen and oxygen atoms in total. The van der Waals surface area contributed by atoms with Gasteiger partial charge in [0.1, 0.15) is 28.3 Å². The summed E-state index contributed by atoms with van der Waals surface area (Å²) in [4.78, 5) is 26.2. The predicted octanol–water partition coefficient (Wildman–Crippen LogP) is 4.21. The number of aromatic amines is 1. The Morgan fingerprint density at radius 3 is 2.73 bits per heavy atom. The molecule has 0 aliphatic heterocycles. The number of imidazole rings is 1. The number of H-pyrrole nitrogens is 1. The second kappa shape index (κ2) is 6.75. The minimum Gasteiger partial charge on any atom is -0.444 e. The van der Waals surface area contributed by atoms with Crippen molar-refractivity contribution in [3.05, 3.63) is 28.5 Å². The highest BCUT2D eigenvalue weighted by Crippen LogP contribution is 2.28. The van der Waals surface area contributed by atoms with Gasteiger partial charge in [-0.05, 0) is 45.9 Å². The summed E-state index contributed by atoms with van der Waals surface area (Å²) in [5.41, 5.74) is 7.73. The summed E-state index contributed by atoms with van der Waals surface area (Å²) in [6.45, 7) is 8.24. The lowest BCUT2D eigenvalue weighted by molar-refractivity contribution is 0.0240. The molecule has 3 aromatic rings. The second-order valence-electron chi connectivity index (χ2n) is 7.06. The van der Waals surface area contributed by atoms with E-state index < -0.39 is 5.60 Å². The topological polar surface area (TPSA) is 97.1 Å². The van der Waals surface area contributed by atoms with Crippen LogP contribution in [-0.2, 0) is 11.3 Å². The maximum atomic E-state index is 12.3. The van der Waals surface area contributed by atoms with Crippen molar-refractivity contribution in [2.24, 2.45) is 0 Å². The predicted molar refractivity (Wildman–Crippen MR) is 106 cm³/mol. The number of rotatable bonds is 3. The van der Waals surface area contributed by atoms with Gasteiger partial charge < -0.3 is 20.4 Å². The Morgan fingerprint density at radius 2 is 2.08 bits per heavy atom. The Morgan fingerprint density at radius 1 is 1.35 bits per heavy atom. The van der Waals surface area contributed by atoms with Crippen molar-refractivity contribution in [2.75, 3.05) is 12.3 Å². The molecule has 138 valence electrons. The van der Waals surface area contributed by atoms with E-state index in [1.54, 1.807) is 4.90 Å². The Bertz CT molecular complexity index is 977. The average molecular weight is 420 g/mol. The number of fused-ring (bicyclic) bond motifs is 3. The average Bonchev–Trinajstić information content (AvgIpc) is 2.95. The van der Waals surface area contributed by atoms with Crippen LogP contribution in [0.15, 0.2) is 22.7 Å². The number of nitrogens with two attached hydrogens (primary N) is 1. The van der Waals surface area contributed by atoms with Gasteiger partial charge in [-0.2, -0.15) is 0 Å². The van der Waals surface area contributed by atoms with E-state index >= 15 is 0 Å². The van der Waals surface area contributed by atoms with Crippen LogP contribution < -0.4 is 5.73 Å². The van der Waals surface area contributed by atoms with Crippen LogP contribution in [0.25, 0.3) is 21.9 Å². The van der Waals surface area contributed by atoms with E-state index in [-0.39, 0.29) is 6.09 Å². The zero-order valence-corrected chi connectivity index (χ0v) is 16.8. The Hall–Kier alpha value is -2.35. The molecule has 3 rings (SSSR count). The van der Waals surface area contributed by atoms with Gasteiger partial charge in [0.05, 0.1) is 12.1 Å².